The van der Waals surface area contributed by atoms with Gasteiger partial charge in [-0.2, -0.15) is 5.10 Å². The molecule has 0 bridgehead atoms. The van der Waals surface area contributed by atoms with Crippen molar-refractivity contribution in [2.75, 3.05) is 0 Å². The van der Waals surface area contributed by atoms with Crippen LogP contribution in [0.2, 0.25) is 0 Å². The largest absolute Gasteiger partial charge is 0.341 e. The highest BCUT2D eigenvalue weighted by Gasteiger charge is 2.20. The van der Waals surface area contributed by atoms with Crippen molar-refractivity contribution in [1.82, 2.24) is 20.1 Å². The SMILES string of the molecule is Cc1nc2c(cnn2C(C)C)cc1C(=O)NC(c1ccccc1)c1ccccc1. The van der Waals surface area contributed by atoms with Gasteiger partial charge in [-0.3, -0.25) is 4.79 Å². The van der Waals surface area contributed by atoms with Crippen LogP contribution in [0.3, 0.4) is 0 Å². The highest BCUT2D eigenvalue weighted by Crippen LogP contribution is 2.24. The van der Waals surface area contributed by atoms with E-state index in [2.05, 4.69) is 29.2 Å². The molecule has 0 atom stereocenters. The van der Waals surface area contributed by atoms with Gasteiger partial charge in [0, 0.05) is 11.4 Å². The molecule has 0 radical (unpaired) electrons. The van der Waals surface area contributed by atoms with Crippen molar-refractivity contribution in [3.8, 4) is 0 Å². The minimum Gasteiger partial charge on any atom is -0.341 e. The second kappa shape index (κ2) is 7.87. The van der Waals surface area contributed by atoms with Gasteiger partial charge in [0.25, 0.3) is 5.91 Å². The molecule has 5 nitrogen and oxygen atoms in total. The van der Waals surface area contributed by atoms with Crippen molar-refractivity contribution in [3.05, 3.63) is 95.3 Å². The van der Waals surface area contributed by atoms with Crippen LogP contribution in [0, 0.1) is 6.92 Å². The molecule has 2 aromatic heterocycles. The van der Waals surface area contributed by atoms with Crippen LogP contribution < -0.4 is 5.32 Å². The number of aryl methyl sites for hydroxylation is 1. The number of amides is 1. The second-order valence-corrected chi connectivity index (χ2v) is 7.44. The highest BCUT2D eigenvalue weighted by molar-refractivity contribution is 5.98. The van der Waals surface area contributed by atoms with Gasteiger partial charge in [0.2, 0.25) is 0 Å². The number of nitrogens with one attached hydrogen (secondary N) is 1. The van der Waals surface area contributed by atoms with E-state index in [0.717, 1.165) is 22.2 Å². The Bertz CT molecular complexity index is 1090. The number of aromatic nitrogens is 3. The van der Waals surface area contributed by atoms with Gasteiger partial charge < -0.3 is 5.32 Å². The lowest BCUT2D eigenvalue weighted by Crippen LogP contribution is -2.30. The van der Waals surface area contributed by atoms with Crippen LogP contribution in [0.25, 0.3) is 11.0 Å². The quantitative estimate of drug-likeness (QED) is 0.536. The van der Waals surface area contributed by atoms with Crippen LogP contribution in [0.15, 0.2) is 72.9 Å². The minimum absolute atomic E-state index is 0.146. The first kappa shape index (κ1) is 18.9. The molecule has 0 unspecified atom stereocenters. The summed E-state index contributed by atoms with van der Waals surface area (Å²) in [7, 11) is 0. The van der Waals surface area contributed by atoms with Gasteiger partial charge in [0.1, 0.15) is 0 Å². The first-order chi connectivity index (χ1) is 14.0. The van der Waals surface area contributed by atoms with Gasteiger partial charge in [0.05, 0.1) is 23.5 Å². The Hall–Kier alpha value is -3.47. The number of hydrogen-bond acceptors (Lipinski definition) is 3. The van der Waals surface area contributed by atoms with E-state index in [1.165, 1.54) is 0 Å². The van der Waals surface area contributed by atoms with E-state index in [4.69, 9.17) is 0 Å². The zero-order valence-corrected chi connectivity index (χ0v) is 16.8. The summed E-state index contributed by atoms with van der Waals surface area (Å²) >= 11 is 0. The van der Waals surface area contributed by atoms with Gasteiger partial charge >= 0.3 is 0 Å². The molecule has 29 heavy (non-hydrogen) atoms. The molecule has 1 amide bonds. The molecule has 0 aliphatic carbocycles. The highest BCUT2D eigenvalue weighted by atomic mass is 16.1. The summed E-state index contributed by atoms with van der Waals surface area (Å²) in [5, 5.41) is 8.48. The Morgan fingerprint density at radius 3 is 2.10 bits per heavy atom. The van der Waals surface area contributed by atoms with Crippen molar-refractivity contribution in [2.45, 2.75) is 32.9 Å². The zero-order valence-electron chi connectivity index (χ0n) is 16.8. The normalized spacial score (nSPS) is 11.3. The Kier molecular flexibility index (Phi) is 5.12. The Morgan fingerprint density at radius 1 is 0.966 bits per heavy atom. The number of hydrogen-bond donors (Lipinski definition) is 1. The fraction of sp³-hybridized carbons (Fsp3) is 0.208. The lowest BCUT2D eigenvalue weighted by atomic mass is 9.98. The first-order valence-electron chi connectivity index (χ1n) is 9.80. The molecule has 0 spiro atoms. The van der Waals surface area contributed by atoms with Crippen molar-refractivity contribution < 1.29 is 4.79 Å². The topological polar surface area (TPSA) is 59.8 Å². The summed E-state index contributed by atoms with van der Waals surface area (Å²) < 4.78 is 1.88. The monoisotopic (exact) mass is 384 g/mol. The summed E-state index contributed by atoms with van der Waals surface area (Å²) in [5.74, 6) is -0.146. The first-order valence-corrected chi connectivity index (χ1v) is 9.80. The van der Waals surface area contributed by atoms with E-state index in [9.17, 15) is 4.79 Å². The number of fused-ring (bicyclic) bond motifs is 1. The third-order valence-electron chi connectivity index (χ3n) is 5.03. The van der Waals surface area contributed by atoms with Gasteiger partial charge in [0.15, 0.2) is 5.65 Å². The number of carbonyl (C=O) groups excluding carboxylic acids is 1. The molecule has 0 fully saturated rings. The average molecular weight is 384 g/mol. The van der Waals surface area contributed by atoms with Crippen LogP contribution in [-0.2, 0) is 0 Å². The Balaban J connectivity index is 1.70. The molecule has 4 rings (SSSR count). The lowest BCUT2D eigenvalue weighted by Gasteiger charge is -2.20. The molecule has 0 saturated carbocycles. The Morgan fingerprint density at radius 2 is 1.55 bits per heavy atom. The van der Waals surface area contributed by atoms with Crippen LogP contribution in [0.5, 0.6) is 0 Å². The third kappa shape index (κ3) is 3.76. The van der Waals surface area contributed by atoms with E-state index in [-0.39, 0.29) is 18.0 Å². The maximum absolute atomic E-state index is 13.2. The maximum atomic E-state index is 13.2. The van der Waals surface area contributed by atoms with Crippen LogP contribution in [0.1, 0.15) is 53.1 Å². The van der Waals surface area contributed by atoms with Gasteiger partial charge in [-0.05, 0) is 38.0 Å². The smallest absolute Gasteiger partial charge is 0.253 e. The molecule has 0 aliphatic rings. The van der Waals surface area contributed by atoms with Crippen molar-refractivity contribution in [2.24, 2.45) is 0 Å². The fourth-order valence-electron chi connectivity index (χ4n) is 3.53. The molecule has 1 N–H and O–H groups in total. The standard InChI is InChI=1S/C24H24N4O/c1-16(2)28-23-20(15-25-28)14-21(17(3)26-23)24(29)27-22(18-10-6-4-7-11-18)19-12-8-5-9-13-19/h4-16,22H,1-3H3,(H,27,29). The van der Waals surface area contributed by atoms with Crippen LogP contribution >= 0.6 is 0 Å². The number of carbonyl (C=O) groups is 1. The lowest BCUT2D eigenvalue weighted by molar-refractivity contribution is 0.0942. The number of nitrogens with zero attached hydrogens (tertiary/aromatic N) is 3. The molecule has 4 aromatic rings. The van der Waals surface area contributed by atoms with Crippen molar-refractivity contribution in [3.63, 3.8) is 0 Å². The summed E-state index contributed by atoms with van der Waals surface area (Å²) in [5.41, 5.74) is 4.13. The maximum Gasteiger partial charge on any atom is 0.253 e. The summed E-state index contributed by atoms with van der Waals surface area (Å²) in [6, 6.07) is 21.8. The second-order valence-electron chi connectivity index (χ2n) is 7.44. The van der Waals surface area contributed by atoms with Gasteiger partial charge in [-0.15, -0.1) is 0 Å². The van der Waals surface area contributed by atoms with E-state index in [0.29, 0.717) is 11.3 Å². The van der Waals surface area contributed by atoms with E-state index < -0.39 is 0 Å². The predicted octanol–water partition coefficient (Wildman–Crippen LogP) is 4.84. The van der Waals surface area contributed by atoms with Crippen LogP contribution in [0.4, 0.5) is 0 Å². The average Bonchev–Trinajstić information content (AvgIpc) is 3.15. The predicted molar refractivity (Wildman–Crippen MR) is 115 cm³/mol. The molecule has 0 aliphatic heterocycles. The number of benzene rings is 2. The number of pyridine rings is 1. The molecule has 2 aromatic carbocycles. The van der Waals surface area contributed by atoms with Crippen molar-refractivity contribution >= 4 is 16.9 Å². The van der Waals surface area contributed by atoms with E-state index in [1.807, 2.05) is 78.3 Å². The third-order valence-corrected chi connectivity index (χ3v) is 5.03. The van der Waals surface area contributed by atoms with Gasteiger partial charge in [-0.25, -0.2) is 9.67 Å². The van der Waals surface area contributed by atoms with E-state index in [1.54, 1.807) is 6.20 Å². The number of rotatable bonds is 5. The minimum atomic E-state index is -0.238. The fourth-order valence-corrected chi connectivity index (χ4v) is 3.53. The Labute approximate surface area is 170 Å². The summed E-state index contributed by atoms with van der Waals surface area (Å²) in [6.07, 6.45) is 1.77. The summed E-state index contributed by atoms with van der Waals surface area (Å²) in [6.45, 7) is 5.99. The molecule has 146 valence electrons. The molecule has 2 heterocycles. The molecule has 0 saturated heterocycles. The van der Waals surface area contributed by atoms with Gasteiger partial charge in [-0.1, -0.05) is 60.7 Å². The molecular weight excluding hydrogens is 360 g/mol. The van der Waals surface area contributed by atoms with E-state index >= 15 is 0 Å². The molecule has 5 heteroatoms. The summed E-state index contributed by atoms with van der Waals surface area (Å²) in [4.78, 5) is 17.9. The van der Waals surface area contributed by atoms with Crippen LogP contribution in [-0.4, -0.2) is 20.7 Å². The van der Waals surface area contributed by atoms with Crippen molar-refractivity contribution in [1.29, 1.82) is 0 Å². The molecular formula is C24H24N4O. The zero-order chi connectivity index (χ0) is 20.4.